The number of ether oxygens (including phenoxy) is 3. The molecule has 1 aromatic heterocycles. The molecule has 0 spiro atoms. The lowest BCUT2D eigenvalue weighted by Gasteiger charge is -2.40. The Bertz CT molecular complexity index is 928. The molecule has 1 aromatic carbocycles. The molecule has 2 unspecified atom stereocenters. The van der Waals surface area contributed by atoms with Crippen LogP contribution in [0.2, 0.25) is 0 Å². The zero-order valence-electron chi connectivity index (χ0n) is 19.1. The lowest BCUT2D eigenvalue weighted by molar-refractivity contribution is 0.0573. The molecule has 0 amide bonds. The molecule has 6 nitrogen and oxygen atoms in total. The molecule has 4 rings (SSSR count). The summed E-state index contributed by atoms with van der Waals surface area (Å²) in [4.78, 5) is 18.9. The van der Waals surface area contributed by atoms with Crippen molar-refractivity contribution in [1.29, 1.82) is 0 Å². The Morgan fingerprint density at radius 1 is 1.13 bits per heavy atom. The number of nitrogens with zero attached hydrogens (tertiary/aromatic N) is 2. The van der Waals surface area contributed by atoms with E-state index in [4.69, 9.17) is 14.2 Å². The molecule has 166 valence electrons. The fourth-order valence-electron chi connectivity index (χ4n) is 4.62. The first-order valence-corrected chi connectivity index (χ1v) is 10.8. The van der Waals surface area contributed by atoms with E-state index < -0.39 is 5.97 Å². The van der Waals surface area contributed by atoms with Crippen LogP contribution in [-0.4, -0.2) is 49.7 Å². The Morgan fingerprint density at radius 2 is 1.90 bits per heavy atom. The van der Waals surface area contributed by atoms with Crippen molar-refractivity contribution in [3.05, 3.63) is 65.7 Å². The largest absolute Gasteiger partial charge is 0.493 e. The van der Waals surface area contributed by atoms with Crippen LogP contribution in [-0.2, 0) is 10.2 Å². The van der Waals surface area contributed by atoms with Gasteiger partial charge in [0, 0.05) is 24.1 Å². The molecule has 1 fully saturated rings. The van der Waals surface area contributed by atoms with Crippen LogP contribution in [0, 0.1) is 0 Å². The molecule has 1 aliphatic carbocycles. The van der Waals surface area contributed by atoms with Crippen molar-refractivity contribution in [1.82, 2.24) is 9.88 Å². The second kappa shape index (κ2) is 9.96. The SMILES string of the molecule is CC.COc1ccc(C23CC=C(OC(=O)c4ccccn4)CC2N(C)CC3)cc1OC. The van der Waals surface area contributed by atoms with Crippen molar-refractivity contribution in [2.45, 2.75) is 44.6 Å². The maximum absolute atomic E-state index is 12.4. The summed E-state index contributed by atoms with van der Waals surface area (Å²) in [5, 5.41) is 0. The van der Waals surface area contributed by atoms with E-state index >= 15 is 0 Å². The van der Waals surface area contributed by atoms with Gasteiger partial charge in [0.15, 0.2) is 11.5 Å². The number of allylic oxidation sites excluding steroid dienone is 1. The first-order valence-electron chi connectivity index (χ1n) is 10.8. The number of fused-ring (bicyclic) bond motifs is 1. The van der Waals surface area contributed by atoms with Gasteiger partial charge in [-0.1, -0.05) is 26.0 Å². The molecule has 0 saturated carbocycles. The summed E-state index contributed by atoms with van der Waals surface area (Å²) < 4.78 is 16.6. The third kappa shape index (κ3) is 4.44. The van der Waals surface area contributed by atoms with Crippen LogP contribution in [0.1, 0.15) is 49.2 Å². The maximum atomic E-state index is 12.4. The van der Waals surface area contributed by atoms with Crippen molar-refractivity contribution in [2.24, 2.45) is 0 Å². The van der Waals surface area contributed by atoms with Gasteiger partial charge in [0.2, 0.25) is 0 Å². The van der Waals surface area contributed by atoms with E-state index in [2.05, 4.69) is 35.1 Å². The summed E-state index contributed by atoms with van der Waals surface area (Å²) in [6.07, 6.45) is 6.19. The van der Waals surface area contributed by atoms with Gasteiger partial charge in [-0.3, -0.25) is 0 Å². The molecule has 2 aliphatic rings. The minimum Gasteiger partial charge on any atom is -0.493 e. The van der Waals surface area contributed by atoms with Crippen molar-refractivity contribution in [3.63, 3.8) is 0 Å². The number of benzene rings is 1. The van der Waals surface area contributed by atoms with Crippen molar-refractivity contribution in [3.8, 4) is 11.5 Å². The Kier molecular flexibility index (Phi) is 7.33. The first kappa shape index (κ1) is 22.8. The molecule has 6 heteroatoms. The average molecular weight is 425 g/mol. The van der Waals surface area contributed by atoms with Gasteiger partial charge in [-0.2, -0.15) is 0 Å². The number of hydrogen-bond donors (Lipinski definition) is 0. The van der Waals surface area contributed by atoms with Crippen LogP contribution in [0.5, 0.6) is 11.5 Å². The van der Waals surface area contributed by atoms with Gasteiger partial charge in [-0.05, 0) is 62.3 Å². The summed E-state index contributed by atoms with van der Waals surface area (Å²) in [7, 11) is 5.44. The van der Waals surface area contributed by atoms with Crippen LogP contribution in [0.15, 0.2) is 54.4 Å². The van der Waals surface area contributed by atoms with Crippen LogP contribution in [0.3, 0.4) is 0 Å². The zero-order chi connectivity index (χ0) is 22.4. The minimum absolute atomic E-state index is 0.0325. The normalized spacial score (nSPS) is 22.5. The van der Waals surface area contributed by atoms with Gasteiger partial charge in [0.25, 0.3) is 0 Å². The highest BCUT2D eigenvalue weighted by Gasteiger charge is 2.49. The summed E-state index contributed by atoms with van der Waals surface area (Å²) in [6.45, 7) is 4.99. The second-order valence-corrected chi connectivity index (χ2v) is 7.66. The molecule has 2 aromatic rings. The van der Waals surface area contributed by atoms with E-state index in [1.54, 1.807) is 38.6 Å². The van der Waals surface area contributed by atoms with Gasteiger partial charge in [0.05, 0.1) is 14.2 Å². The van der Waals surface area contributed by atoms with Gasteiger partial charge in [0.1, 0.15) is 11.5 Å². The second-order valence-electron chi connectivity index (χ2n) is 7.66. The highest BCUT2D eigenvalue weighted by molar-refractivity contribution is 5.87. The molecule has 1 saturated heterocycles. The number of hydrogen-bond acceptors (Lipinski definition) is 6. The highest BCUT2D eigenvalue weighted by atomic mass is 16.5. The van der Waals surface area contributed by atoms with E-state index in [1.807, 2.05) is 19.9 Å². The van der Waals surface area contributed by atoms with E-state index in [0.29, 0.717) is 12.1 Å². The quantitative estimate of drug-likeness (QED) is 0.654. The highest BCUT2D eigenvalue weighted by Crippen LogP contribution is 2.49. The van der Waals surface area contributed by atoms with Crippen LogP contribution in [0.25, 0.3) is 0 Å². The lowest BCUT2D eigenvalue weighted by Crippen LogP contribution is -2.43. The number of esters is 1. The molecule has 0 bridgehead atoms. The summed E-state index contributed by atoms with van der Waals surface area (Å²) in [5.74, 6) is 1.78. The monoisotopic (exact) mass is 424 g/mol. The third-order valence-corrected chi connectivity index (χ3v) is 6.23. The number of pyridine rings is 1. The Balaban J connectivity index is 0.00000132. The van der Waals surface area contributed by atoms with Crippen LogP contribution < -0.4 is 9.47 Å². The molecule has 2 heterocycles. The Morgan fingerprint density at radius 3 is 2.58 bits per heavy atom. The number of likely N-dealkylation sites (tertiary alicyclic amines) is 1. The summed E-state index contributed by atoms with van der Waals surface area (Å²) in [6, 6.07) is 11.7. The third-order valence-electron chi connectivity index (χ3n) is 6.23. The molecule has 0 N–H and O–H groups in total. The Hall–Kier alpha value is -2.86. The zero-order valence-corrected chi connectivity index (χ0v) is 19.1. The molecule has 1 aliphatic heterocycles. The minimum atomic E-state index is -0.406. The standard InChI is InChI=1S/C23H26N2O4.C2H6/c1-25-13-11-23(16-7-8-19(27-2)20(14-16)28-3)10-9-17(15-21(23)25)29-22(26)18-6-4-5-12-24-18;1-2/h4-9,12,14,21H,10-11,13,15H2,1-3H3;1-2H3. The van der Waals surface area contributed by atoms with Gasteiger partial charge in [-0.15, -0.1) is 0 Å². The van der Waals surface area contributed by atoms with E-state index in [0.717, 1.165) is 36.6 Å². The van der Waals surface area contributed by atoms with Gasteiger partial charge in [-0.25, -0.2) is 9.78 Å². The summed E-state index contributed by atoms with van der Waals surface area (Å²) >= 11 is 0. The maximum Gasteiger partial charge on any atom is 0.361 e. The number of methoxy groups -OCH3 is 2. The van der Waals surface area contributed by atoms with Crippen LogP contribution in [0.4, 0.5) is 0 Å². The smallest absolute Gasteiger partial charge is 0.361 e. The topological polar surface area (TPSA) is 60.9 Å². The van der Waals surface area contributed by atoms with Crippen LogP contribution >= 0.6 is 0 Å². The molecule has 2 atom stereocenters. The number of carbonyl (C=O) groups excluding carboxylic acids is 1. The van der Waals surface area contributed by atoms with Crippen molar-refractivity contribution < 1.29 is 19.0 Å². The van der Waals surface area contributed by atoms with Gasteiger partial charge < -0.3 is 19.1 Å². The Labute approximate surface area is 184 Å². The van der Waals surface area contributed by atoms with Crippen molar-refractivity contribution in [2.75, 3.05) is 27.8 Å². The summed E-state index contributed by atoms with van der Waals surface area (Å²) in [5.41, 5.74) is 1.52. The molecular formula is C25H32N2O4. The van der Waals surface area contributed by atoms with Crippen molar-refractivity contribution >= 4 is 5.97 Å². The van der Waals surface area contributed by atoms with E-state index in [1.165, 1.54) is 5.56 Å². The number of carbonyl (C=O) groups is 1. The molecule has 31 heavy (non-hydrogen) atoms. The van der Waals surface area contributed by atoms with Gasteiger partial charge >= 0.3 is 5.97 Å². The van der Waals surface area contributed by atoms with E-state index in [-0.39, 0.29) is 11.5 Å². The number of likely N-dealkylation sites (N-methyl/N-ethyl adjacent to an activating group) is 1. The molecular weight excluding hydrogens is 392 g/mol. The lowest BCUT2D eigenvalue weighted by atomic mass is 9.68. The number of rotatable bonds is 5. The number of aromatic nitrogens is 1. The predicted octanol–water partition coefficient (Wildman–Crippen LogP) is 4.60. The fraction of sp³-hybridized carbons (Fsp3) is 0.440. The van der Waals surface area contributed by atoms with E-state index in [9.17, 15) is 4.79 Å². The fourth-order valence-corrected chi connectivity index (χ4v) is 4.62. The molecule has 0 radical (unpaired) electrons. The first-order chi connectivity index (χ1) is 15.1. The average Bonchev–Trinajstić information content (AvgIpc) is 3.17. The predicted molar refractivity (Wildman–Crippen MR) is 121 cm³/mol.